The summed E-state index contributed by atoms with van der Waals surface area (Å²) in [6.45, 7) is 11.2. The predicted octanol–water partition coefficient (Wildman–Crippen LogP) is 8.96. The first-order chi connectivity index (χ1) is 22.0. The van der Waals surface area contributed by atoms with Crippen LogP contribution in [0.2, 0.25) is 31.2 Å². The summed E-state index contributed by atoms with van der Waals surface area (Å²) in [5.74, 6) is 4.96. The Kier molecular flexibility index (Phi) is 9.05. The van der Waals surface area contributed by atoms with Crippen molar-refractivity contribution in [3.63, 3.8) is 0 Å². The number of rotatable bonds is 3. The van der Waals surface area contributed by atoms with E-state index in [9.17, 15) is 0 Å². The summed E-state index contributed by atoms with van der Waals surface area (Å²) in [6, 6.07) is 38.5. The van der Waals surface area contributed by atoms with Crippen molar-refractivity contribution in [1.29, 1.82) is 0 Å². The van der Waals surface area contributed by atoms with E-state index in [0.29, 0.717) is 0 Å². The molecule has 4 aromatic carbocycles. The summed E-state index contributed by atoms with van der Waals surface area (Å²) < 4.78 is 9.70. The summed E-state index contributed by atoms with van der Waals surface area (Å²) in [6.07, 6.45) is 3.95. The van der Waals surface area contributed by atoms with Gasteiger partial charge in [-0.05, 0) is 10.9 Å². The molecule has 0 amide bonds. The van der Waals surface area contributed by atoms with Crippen LogP contribution in [-0.4, -0.2) is 31.3 Å². The van der Waals surface area contributed by atoms with Crippen LogP contribution in [0.1, 0.15) is 11.1 Å². The molecule has 0 fully saturated rings. The molecular weight excluding hydrogens is 829 g/mol. The molecule has 0 aliphatic carbocycles. The van der Waals surface area contributed by atoms with Crippen molar-refractivity contribution in [3.05, 3.63) is 127 Å². The van der Waals surface area contributed by atoms with Crippen molar-refractivity contribution in [1.82, 2.24) is 9.97 Å². The van der Waals surface area contributed by atoms with E-state index in [1.165, 1.54) is 37.2 Å². The van der Waals surface area contributed by atoms with Gasteiger partial charge in [0.2, 0.25) is 0 Å². The average molecular weight is 868 g/mol. The average Bonchev–Trinajstić information content (AvgIpc) is 3.55. The minimum atomic E-state index is -2.45. The van der Waals surface area contributed by atoms with Gasteiger partial charge in [-0.25, -0.2) is 0 Å². The van der Waals surface area contributed by atoms with Crippen LogP contribution in [0.25, 0.3) is 55.6 Å². The van der Waals surface area contributed by atoms with Crippen LogP contribution in [0.3, 0.4) is 0 Å². The summed E-state index contributed by atoms with van der Waals surface area (Å²) in [4.78, 5) is 9.20. The Bertz CT molecular complexity index is 2240. The second-order valence-corrected chi connectivity index (χ2v) is 27.9. The first-order valence-corrected chi connectivity index (χ1v) is 25.7. The molecule has 6 heteroatoms. The van der Waals surface area contributed by atoms with Crippen molar-refractivity contribution in [2.75, 3.05) is 0 Å². The van der Waals surface area contributed by atoms with Gasteiger partial charge in [0.15, 0.2) is 0 Å². The Morgan fingerprint density at radius 3 is 2.13 bits per heavy atom. The van der Waals surface area contributed by atoms with Crippen LogP contribution in [0, 0.1) is 26.0 Å². The second-order valence-electron chi connectivity index (χ2n) is 13.8. The van der Waals surface area contributed by atoms with Gasteiger partial charge >= 0.3 is 179 Å². The van der Waals surface area contributed by atoms with E-state index >= 15 is 0 Å². The van der Waals surface area contributed by atoms with Gasteiger partial charge in [-0.3, -0.25) is 0 Å². The molecule has 1 aliphatic rings. The predicted molar refractivity (Wildman–Crippen MR) is 199 cm³/mol. The number of fused-ring (bicyclic) bond motifs is 7. The van der Waals surface area contributed by atoms with Crippen LogP contribution >= 0.6 is 0 Å². The van der Waals surface area contributed by atoms with Gasteiger partial charge in [-0.2, -0.15) is 0 Å². The number of pyridine rings is 2. The third-order valence-electron chi connectivity index (χ3n) is 9.36. The maximum Gasteiger partial charge on any atom is 0 e. The van der Waals surface area contributed by atoms with E-state index in [0.717, 1.165) is 39.1 Å². The van der Waals surface area contributed by atoms with E-state index in [-0.39, 0.29) is 20.1 Å². The van der Waals surface area contributed by atoms with Crippen molar-refractivity contribution in [2.24, 2.45) is 0 Å². The fourth-order valence-corrected chi connectivity index (χ4v) is 14.5. The van der Waals surface area contributed by atoms with E-state index in [1.54, 1.807) is 4.40 Å². The zero-order chi connectivity index (χ0) is 32.2. The van der Waals surface area contributed by atoms with Crippen molar-refractivity contribution in [2.45, 2.75) is 45.0 Å². The van der Waals surface area contributed by atoms with E-state index < -0.39 is 21.3 Å². The molecule has 7 aromatic rings. The fourth-order valence-electron chi connectivity index (χ4n) is 6.55. The number of furan rings is 1. The van der Waals surface area contributed by atoms with Crippen LogP contribution in [0.15, 0.2) is 108 Å². The van der Waals surface area contributed by atoms with Crippen molar-refractivity contribution < 1.29 is 24.5 Å². The molecule has 0 bridgehead atoms. The summed E-state index contributed by atoms with van der Waals surface area (Å²) >= 11 is -2.45. The molecule has 0 saturated carbocycles. The number of benzene rings is 4. The van der Waals surface area contributed by atoms with Crippen molar-refractivity contribution in [3.8, 4) is 33.6 Å². The molecule has 0 spiro atoms. The molecule has 0 atom stereocenters. The number of hydrogen-bond donors (Lipinski definition) is 0. The van der Waals surface area contributed by atoms with E-state index in [4.69, 9.17) is 4.42 Å². The smallest absolute Gasteiger partial charge is 0 e. The third kappa shape index (κ3) is 6.00. The molecule has 8 rings (SSSR count). The Morgan fingerprint density at radius 2 is 1.43 bits per heavy atom. The second kappa shape index (κ2) is 12.8. The molecule has 3 nitrogen and oxygen atoms in total. The number of nitrogens with zero attached hydrogens (tertiary/aromatic N) is 2. The summed E-state index contributed by atoms with van der Waals surface area (Å²) in [7, 11) is -1.23. The molecule has 1 aliphatic heterocycles. The largest absolute Gasteiger partial charge is 0 e. The normalized spacial score (nSPS) is 13.0. The number of aryl methyl sites for hydroxylation is 2. The minimum Gasteiger partial charge on any atom is 0 e. The number of hydrogen-bond acceptors (Lipinski definition) is 3. The molecule has 4 heterocycles. The molecule has 237 valence electrons. The van der Waals surface area contributed by atoms with Gasteiger partial charge in [0.25, 0.3) is 0 Å². The maximum atomic E-state index is 6.69. The third-order valence-corrected chi connectivity index (χ3v) is 18.8. The van der Waals surface area contributed by atoms with Crippen LogP contribution in [0.5, 0.6) is 0 Å². The van der Waals surface area contributed by atoms with Crippen LogP contribution in [-0.2, 0) is 20.1 Å². The fraction of sp³-hybridized carbons (Fsp3) is 0.171. The van der Waals surface area contributed by atoms with Gasteiger partial charge in [0, 0.05) is 26.3 Å². The van der Waals surface area contributed by atoms with Gasteiger partial charge in [0.1, 0.15) is 0 Å². The molecule has 0 N–H and O–H groups in total. The molecular formula is C41H38GeIrN2OSi-2. The maximum absolute atomic E-state index is 6.69. The summed E-state index contributed by atoms with van der Waals surface area (Å²) in [5.41, 5.74) is 11.1. The van der Waals surface area contributed by atoms with Crippen LogP contribution in [0.4, 0.5) is 0 Å². The summed E-state index contributed by atoms with van der Waals surface area (Å²) in [5, 5.41) is 3.75. The van der Waals surface area contributed by atoms with Gasteiger partial charge in [0.05, 0.1) is 8.07 Å². The molecule has 3 aromatic heterocycles. The zero-order valence-corrected chi connectivity index (χ0v) is 33.4. The Balaban J connectivity index is 0.000000194. The van der Waals surface area contributed by atoms with E-state index in [1.807, 2.05) is 42.7 Å². The van der Waals surface area contributed by atoms with Gasteiger partial charge < -0.3 is 4.98 Å². The quantitative estimate of drug-likeness (QED) is 0.132. The molecule has 1 radical (unpaired) electrons. The monoisotopic (exact) mass is 869 g/mol. The number of aromatic nitrogens is 2. The molecule has 0 saturated heterocycles. The Hall–Kier alpha value is -3.61. The SMILES string of the molecule is C[Si](C)(C)c1ccc(-c2[c-]cccc2)nc1.Cc1cnc(-c2[c-]ccc3c2oc2[c]4c(ccc23)-c2cccc[c]2[Ge]4([CH3])[CH3])cc1C.[Ir]. The van der Waals surface area contributed by atoms with Crippen LogP contribution < -0.4 is 14.0 Å². The van der Waals surface area contributed by atoms with Gasteiger partial charge in [-0.15, -0.1) is 35.9 Å². The Labute approximate surface area is 295 Å². The molecule has 0 unspecified atom stereocenters. The first kappa shape index (κ1) is 33.3. The first-order valence-electron chi connectivity index (χ1n) is 15.9. The van der Waals surface area contributed by atoms with E-state index in [2.05, 4.69) is 128 Å². The van der Waals surface area contributed by atoms with Crippen molar-refractivity contribution >= 4 is 57.3 Å². The topological polar surface area (TPSA) is 38.9 Å². The standard InChI is InChI=1S/C27H22GeNO.C14H16NSi.Ir/c1-16-14-24(29-15-17(16)2)22-10-7-9-20-21-13-12-19-18-8-5-6-11-23(18)28(3,4)25(19)27(21)30-26(20)22;1-16(2,3)13-9-10-14(15-11-13)12-7-5-4-6-8-12;/h5-9,11-15H,1-4H3;4-7,9-11H,1-3H3;/q2*-1;. The minimum absolute atomic E-state index is 0. The molecule has 47 heavy (non-hydrogen) atoms. The zero-order valence-electron chi connectivity index (χ0n) is 28.0. The van der Waals surface area contributed by atoms with Gasteiger partial charge in [-0.1, -0.05) is 31.8 Å². The Morgan fingerprint density at radius 1 is 0.681 bits per heavy atom.